The fourth-order valence-corrected chi connectivity index (χ4v) is 3.59. The minimum atomic E-state index is -3.24. The van der Waals surface area contributed by atoms with Crippen molar-refractivity contribution in [2.24, 2.45) is 0 Å². The lowest BCUT2D eigenvalue weighted by Crippen LogP contribution is -2.29. The van der Waals surface area contributed by atoms with Gasteiger partial charge in [0.2, 0.25) is 10.0 Å². The zero-order valence-electron chi connectivity index (χ0n) is 13.0. The van der Waals surface area contributed by atoms with Crippen molar-refractivity contribution in [1.82, 2.24) is 9.71 Å². The highest BCUT2D eigenvalue weighted by Crippen LogP contribution is 2.15. The Balaban J connectivity index is 2.09. The van der Waals surface area contributed by atoms with Crippen molar-refractivity contribution >= 4 is 20.9 Å². The van der Waals surface area contributed by atoms with Crippen molar-refractivity contribution in [3.8, 4) is 0 Å². The standard InChI is InChI=1S/C16H22N2O3S/c1-3-4-10-22(20,21)17-9-8-14-11-13-7-5-6-12(2)15(13)18-16(14)19/h5-7,11,17H,3-4,8-10H2,1-2H3,(H,18,19). The normalized spacial score (nSPS) is 11.9. The number of para-hydroxylation sites is 1. The molecule has 0 amide bonds. The molecule has 0 aliphatic heterocycles. The van der Waals surface area contributed by atoms with Crippen LogP contribution >= 0.6 is 0 Å². The highest BCUT2D eigenvalue weighted by Gasteiger charge is 2.10. The second-order valence-electron chi connectivity index (χ2n) is 5.48. The summed E-state index contributed by atoms with van der Waals surface area (Å²) >= 11 is 0. The summed E-state index contributed by atoms with van der Waals surface area (Å²) in [6, 6.07) is 7.65. The molecule has 0 bridgehead atoms. The number of aromatic amines is 1. The second-order valence-corrected chi connectivity index (χ2v) is 7.41. The first-order valence-corrected chi connectivity index (χ1v) is 9.17. The Hall–Kier alpha value is -1.66. The molecule has 22 heavy (non-hydrogen) atoms. The smallest absolute Gasteiger partial charge is 0.251 e. The largest absolute Gasteiger partial charge is 0.321 e. The fraction of sp³-hybridized carbons (Fsp3) is 0.438. The summed E-state index contributed by atoms with van der Waals surface area (Å²) in [4.78, 5) is 15.0. The van der Waals surface area contributed by atoms with E-state index in [4.69, 9.17) is 0 Å². The summed E-state index contributed by atoms with van der Waals surface area (Å²) in [6.45, 7) is 4.14. The number of sulfonamides is 1. The number of hydrogen-bond acceptors (Lipinski definition) is 3. The van der Waals surface area contributed by atoms with Gasteiger partial charge in [0.1, 0.15) is 0 Å². The van der Waals surface area contributed by atoms with Crippen LogP contribution in [0.25, 0.3) is 10.9 Å². The van der Waals surface area contributed by atoms with Crippen molar-refractivity contribution in [1.29, 1.82) is 0 Å². The van der Waals surface area contributed by atoms with E-state index in [1.807, 2.05) is 38.1 Å². The summed E-state index contributed by atoms with van der Waals surface area (Å²) < 4.78 is 26.0. The van der Waals surface area contributed by atoms with Gasteiger partial charge in [0.25, 0.3) is 5.56 Å². The second kappa shape index (κ2) is 7.07. The Labute approximate surface area is 130 Å². The molecule has 0 saturated carbocycles. The summed E-state index contributed by atoms with van der Waals surface area (Å²) in [7, 11) is -3.24. The fourth-order valence-electron chi connectivity index (χ4n) is 2.36. The minimum absolute atomic E-state index is 0.136. The van der Waals surface area contributed by atoms with E-state index in [9.17, 15) is 13.2 Å². The first-order chi connectivity index (χ1) is 10.4. The molecule has 0 saturated heterocycles. The molecule has 0 aliphatic rings. The maximum atomic E-state index is 12.1. The number of benzene rings is 1. The molecule has 0 fully saturated rings. The molecule has 0 radical (unpaired) electrons. The third kappa shape index (κ3) is 4.18. The van der Waals surface area contributed by atoms with E-state index in [1.54, 1.807) is 0 Å². The molecule has 120 valence electrons. The van der Waals surface area contributed by atoms with Gasteiger partial charge in [-0.05, 0) is 36.8 Å². The maximum Gasteiger partial charge on any atom is 0.251 e. The number of rotatable bonds is 7. The van der Waals surface area contributed by atoms with Crippen LogP contribution < -0.4 is 10.3 Å². The Morgan fingerprint density at radius 1 is 1.27 bits per heavy atom. The quantitative estimate of drug-likeness (QED) is 0.819. The average Bonchev–Trinajstić information content (AvgIpc) is 2.47. The van der Waals surface area contributed by atoms with Gasteiger partial charge in [0, 0.05) is 12.1 Å². The number of nitrogens with one attached hydrogen (secondary N) is 2. The van der Waals surface area contributed by atoms with E-state index in [-0.39, 0.29) is 17.9 Å². The van der Waals surface area contributed by atoms with E-state index in [0.717, 1.165) is 22.9 Å². The number of pyridine rings is 1. The van der Waals surface area contributed by atoms with Crippen LogP contribution in [0.2, 0.25) is 0 Å². The van der Waals surface area contributed by atoms with Crippen LogP contribution in [0, 0.1) is 6.92 Å². The van der Waals surface area contributed by atoms with Gasteiger partial charge in [-0.15, -0.1) is 0 Å². The van der Waals surface area contributed by atoms with Crippen LogP contribution in [-0.2, 0) is 16.4 Å². The average molecular weight is 322 g/mol. The van der Waals surface area contributed by atoms with E-state index in [1.165, 1.54) is 0 Å². The lowest BCUT2D eigenvalue weighted by molar-refractivity contribution is 0.578. The zero-order chi connectivity index (χ0) is 16.2. The molecule has 2 aromatic rings. The predicted molar refractivity (Wildman–Crippen MR) is 89.7 cm³/mol. The molecule has 1 heterocycles. The van der Waals surface area contributed by atoms with E-state index >= 15 is 0 Å². The van der Waals surface area contributed by atoms with Gasteiger partial charge in [-0.2, -0.15) is 0 Å². The molecular formula is C16H22N2O3S. The van der Waals surface area contributed by atoms with Crippen LogP contribution in [0.1, 0.15) is 30.9 Å². The highest BCUT2D eigenvalue weighted by atomic mass is 32.2. The van der Waals surface area contributed by atoms with Crippen LogP contribution in [0.4, 0.5) is 0 Å². The number of aromatic nitrogens is 1. The Morgan fingerprint density at radius 3 is 2.77 bits per heavy atom. The highest BCUT2D eigenvalue weighted by molar-refractivity contribution is 7.89. The van der Waals surface area contributed by atoms with Gasteiger partial charge >= 0.3 is 0 Å². The van der Waals surface area contributed by atoms with Gasteiger partial charge in [0.15, 0.2) is 0 Å². The number of unbranched alkanes of at least 4 members (excludes halogenated alkanes) is 1. The van der Waals surface area contributed by atoms with Gasteiger partial charge in [-0.25, -0.2) is 13.1 Å². The van der Waals surface area contributed by atoms with Gasteiger partial charge < -0.3 is 4.98 Å². The number of hydrogen-bond donors (Lipinski definition) is 2. The first kappa shape index (κ1) is 16.7. The van der Waals surface area contributed by atoms with Crippen LogP contribution in [-0.4, -0.2) is 25.7 Å². The molecule has 0 spiro atoms. The van der Waals surface area contributed by atoms with E-state index < -0.39 is 10.0 Å². The van der Waals surface area contributed by atoms with Crippen LogP contribution in [0.5, 0.6) is 0 Å². The Kier molecular flexibility index (Phi) is 5.37. The first-order valence-electron chi connectivity index (χ1n) is 7.52. The van der Waals surface area contributed by atoms with Crippen molar-refractivity contribution in [2.75, 3.05) is 12.3 Å². The molecule has 0 atom stereocenters. The summed E-state index contributed by atoms with van der Waals surface area (Å²) in [6.07, 6.45) is 1.86. The molecule has 1 aromatic carbocycles. The molecule has 0 aliphatic carbocycles. The third-order valence-corrected chi connectivity index (χ3v) is 5.12. The van der Waals surface area contributed by atoms with Crippen molar-refractivity contribution in [3.05, 3.63) is 45.7 Å². The number of aryl methyl sites for hydroxylation is 1. The van der Waals surface area contributed by atoms with Crippen molar-refractivity contribution in [3.63, 3.8) is 0 Å². The van der Waals surface area contributed by atoms with Crippen molar-refractivity contribution in [2.45, 2.75) is 33.1 Å². The number of H-pyrrole nitrogens is 1. The third-order valence-electron chi connectivity index (χ3n) is 3.65. The predicted octanol–water partition coefficient (Wildman–Crippen LogP) is 2.10. The summed E-state index contributed by atoms with van der Waals surface area (Å²) in [5, 5.41) is 0.962. The molecular weight excluding hydrogens is 300 g/mol. The Bertz CT molecular complexity index is 810. The van der Waals surface area contributed by atoms with E-state index in [0.29, 0.717) is 18.4 Å². The lowest BCUT2D eigenvalue weighted by atomic mass is 10.1. The molecule has 1 aromatic heterocycles. The number of fused-ring (bicyclic) bond motifs is 1. The topological polar surface area (TPSA) is 79.0 Å². The maximum absolute atomic E-state index is 12.1. The molecule has 2 N–H and O–H groups in total. The Morgan fingerprint density at radius 2 is 2.05 bits per heavy atom. The molecule has 0 unspecified atom stereocenters. The molecule has 2 rings (SSSR count). The summed E-state index contributed by atoms with van der Waals surface area (Å²) in [5.74, 6) is 0.136. The van der Waals surface area contributed by atoms with E-state index in [2.05, 4.69) is 9.71 Å². The van der Waals surface area contributed by atoms with Gasteiger partial charge in [-0.1, -0.05) is 31.5 Å². The minimum Gasteiger partial charge on any atom is -0.321 e. The van der Waals surface area contributed by atoms with Crippen LogP contribution in [0.15, 0.2) is 29.1 Å². The van der Waals surface area contributed by atoms with Crippen LogP contribution in [0.3, 0.4) is 0 Å². The lowest BCUT2D eigenvalue weighted by Gasteiger charge is -2.07. The zero-order valence-corrected chi connectivity index (χ0v) is 13.8. The SMILES string of the molecule is CCCCS(=O)(=O)NCCc1cc2cccc(C)c2[nH]c1=O. The van der Waals surface area contributed by atoms with Gasteiger partial charge in [0.05, 0.1) is 11.3 Å². The summed E-state index contributed by atoms with van der Waals surface area (Å²) in [5.41, 5.74) is 2.28. The van der Waals surface area contributed by atoms with Crippen molar-refractivity contribution < 1.29 is 8.42 Å². The molecule has 5 nitrogen and oxygen atoms in total. The molecule has 6 heteroatoms. The monoisotopic (exact) mass is 322 g/mol. The van der Waals surface area contributed by atoms with Gasteiger partial charge in [-0.3, -0.25) is 4.79 Å².